The van der Waals surface area contributed by atoms with E-state index < -0.39 is 40.5 Å². The number of rotatable bonds is 11. The van der Waals surface area contributed by atoms with Crippen molar-refractivity contribution >= 4 is 57.4 Å². The van der Waals surface area contributed by atoms with Crippen LogP contribution in [0.15, 0.2) is 36.4 Å². The van der Waals surface area contributed by atoms with Gasteiger partial charge in [0.05, 0.1) is 42.8 Å². The zero-order chi connectivity index (χ0) is 32.3. The monoisotopic (exact) mass is 666 g/mol. The molecule has 0 amide bonds. The van der Waals surface area contributed by atoms with Gasteiger partial charge in [0, 0.05) is 11.5 Å². The van der Waals surface area contributed by atoms with E-state index in [-0.39, 0.29) is 28.0 Å². The van der Waals surface area contributed by atoms with E-state index in [9.17, 15) is 18.0 Å². The van der Waals surface area contributed by atoms with Crippen molar-refractivity contribution in [1.82, 2.24) is 24.5 Å². The van der Waals surface area contributed by atoms with Gasteiger partial charge >= 0.3 is 23.2 Å². The standard InChI is InChI=1S/C27H31ClN6O8S2/c1-14-8-9-18(33-44(38)41-19-11-16(25(35)39-6)10-17(12-19)26(36)40-7)13-20(14)42-43(37)32-15(2)23-29-30-24-21(28)22(27(3,4)5)31-34(23)24/h8-13,15,31-33H,1-7H3. The number of aromatic amines is 1. The van der Waals surface area contributed by atoms with Crippen LogP contribution in [0.1, 0.15) is 71.5 Å². The number of H-pyrrole nitrogens is 1. The van der Waals surface area contributed by atoms with E-state index in [4.69, 9.17) is 29.4 Å². The van der Waals surface area contributed by atoms with Gasteiger partial charge in [-0.25, -0.2) is 14.1 Å². The van der Waals surface area contributed by atoms with Crippen molar-refractivity contribution in [3.63, 3.8) is 0 Å². The maximum atomic E-state index is 12.9. The Morgan fingerprint density at radius 3 is 2.20 bits per heavy atom. The van der Waals surface area contributed by atoms with Gasteiger partial charge in [0.2, 0.25) is 0 Å². The van der Waals surface area contributed by atoms with Crippen LogP contribution >= 0.6 is 11.6 Å². The van der Waals surface area contributed by atoms with Gasteiger partial charge < -0.3 is 17.8 Å². The molecule has 0 bridgehead atoms. The van der Waals surface area contributed by atoms with Gasteiger partial charge in [0.1, 0.15) is 16.5 Å². The molecule has 3 unspecified atom stereocenters. The predicted molar refractivity (Wildman–Crippen MR) is 164 cm³/mol. The average Bonchev–Trinajstić information content (AvgIpc) is 3.53. The lowest BCUT2D eigenvalue weighted by Gasteiger charge is -2.16. The molecule has 2 aromatic carbocycles. The van der Waals surface area contributed by atoms with Crippen LogP contribution in [-0.2, 0) is 37.4 Å². The maximum absolute atomic E-state index is 12.9. The fourth-order valence-electron chi connectivity index (χ4n) is 3.98. The van der Waals surface area contributed by atoms with E-state index >= 15 is 0 Å². The van der Waals surface area contributed by atoms with Crippen molar-refractivity contribution in [3.8, 4) is 11.5 Å². The van der Waals surface area contributed by atoms with E-state index in [0.29, 0.717) is 27.7 Å². The van der Waals surface area contributed by atoms with E-state index in [2.05, 4.69) is 24.7 Å². The number of hydrogen-bond acceptors (Lipinski definition) is 10. The Morgan fingerprint density at radius 1 is 0.977 bits per heavy atom. The van der Waals surface area contributed by atoms with Gasteiger partial charge in [0.25, 0.3) is 11.3 Å². The van der Waals surface area contributed by atoms with Crippen LogP contribution in [0.2, 0.25) is 5.02 Å². The van der Waals surface area contributed by atoms with Crippen molar-refractivity contribution in [3.05, 3.63) is 69.6 Å². The van der Waals surface area contributed by atoms with Crippen molar-refractivity contribution in [2.24, 2.45) is 0 Å². The number of methoxy groups -OCH3 is 2. The molecule has 0 fully saturated rings. The molecule has 0 aliphatic carbocycles. The molecule has 0 saturated carbocycles. The fourth-order valence-corrected chi connectivity index (χ4v) is 5.84. The van der Waals surface area contributed by atoms with Crippen molar-refractivity contribution in [2.75, 3.05) is 18.9 Å². The second kappa shape index (κ2) is 13.3. The smallest absolute Gasteiger partial charge is 0.338 e. The van der Waals surface area contributed by atoms with E-state index in [0.717, 1.165) is 5.69 Å². The molecule has 4 rings (SSSR count). The second-order valence-electron chi connectivity index (χ2n) is 10.6. The molecular formula is C27H31ClN6O8S2. The van der Waals surface area contributed by atoms with Crippen LogP contribution in [0.4, 0.5) is 5.69 Å². The quantitative estimate of drug-likeness (QED) is 0.196. The summed E-state index contributed by atoms with van der Waals surface area (Å²) in [6, 6.07) is 8.01. The van der Waals surface area contributed by atoms with Crippen molar-refractivity contribution < 1.29 is 35.8 Å². The van der Waals surface area contributed by atoms with Crippen molar-refractivity contribution in [2.45, 2.75) is 46.1 Å². The zero-order valence-electron chi connectivity index (χ0n) is 24.8. The summed E-state index contributed by atoms with van der Waals surface area (Å²) >= 11 is 2.30. The first-order valence-corrected chi connectivity index (χ1v) is 15.5. The van der Waals surface area contributed by atoms with Gasteiger partial charge in [-0.3, -0.25) is 9.82 Å². The minimum atomic E-state index is -2.18. The molecule has 0 aliphatic heterocycles. The molecule has 0 aliphatic rings. The summed E-state index contributed by atoms with van der Waals surface area (Å²) in [5.41, 5.74) is 1.93. The normalized spacial score (nSPS) is 13.6. The molecular weight excluding hydrogens is 636 g/mol. The Balaban J connectivity index is 1.45. The van der Waals surface area contributed by atoms with Crippen LogP contribution in [0, 0.1) is 6.92 Å². The minimum Gasteiger partial charge on any atom is -0.465 e. The summed E-state index contributed by atoms with van der Waals surface area (Å²) < 4.78 is 53.3. The summed E-state index contributed by atoms with van der Waals surface area (Å²) in [6.07, 6.45) is 0. The van der Waals surface area contributed by atoms with Gasteiger partial charge in [-0.15, -0.1) is 10.2 Å². The molecule has 3 atom stereocenters. The first-order valence-electron chi connectivity index (χ1n) is 13.0. The molecule has 0 spiro atoms. The Labute approximate surface area is 263 Å². The third-order valence-electron chi connectivity index (χ3n) is 6.21. The van der Waals surface area contributed by atoms with Crippen molar-refractivity contribution in [1.29, 1.82) is 0 Å². The average molecular weight is 667 g/mol. The number of benzene rings is 2. The van der Waals surface area contributed by atoms with Crippen LogP contribution in [0.3, 0.4) is 0 Å². The third kappa shape index (κ3) is 7.38. The molecule has 14 nitrogen and oxygen atoms in total. The summed E-state index contributed by atoms with van der Waals surface area (Å²) in [6.45, 7) is 9.53. The SMILES string of the molecule is COC(=O)c1cc(OS(=O)Nc2ccc(C)c(OS(=O)NC(C)c3nnc4c(Cl)c(C(C)(C)C)[nH]n34)c2)cc(C(=O)OC)c1. The molecule has 0 radical (unpaired) electrons. The molecule has 236 valence electrons. The lowest BCUT2D eigenvalue weighted by Crippen LogP contribution is -2.27. The number of hydrogen-bond donors (Lipinski definition) is 3. The summed E-state index contributed by atoms with van der Waals surface area (Å²) in [4.78, 5) is 24.0. The van der Waals surface area contributed by atoms with E-state index in [1.807, 2.05) is 20.8 Å². The van der Waals surface area contributed by atoms with Crippen LogP contribution in [0.5, 0.6) is 11.5 Å². The van der Waals surface area contributed by atoms with Gasteiger partial charge in [0.15, 0.2) is 11.5 Å². The minimum absolute atomic E-state index is 0.00139. The number of nitrogens with one attached hydrogen (secondary N) is 3. The fraction of sp³-hybridized carbons (Fsp3) is 0.333. The lowest BCUT2D eigenvalue weighted by molar-refractivity contribution is 0.0598. The molecule has 3 N–H and O–H groups in total. The highest BCUT2D eigenvalue weighted by atomic mass is 35.5. The van der Waals surface area contributed by atoms with Gasteiger partial charge in [-0.2, -0.15) is 13.1 Å². The summed E-state index contributed by atoms with van der Waals surface area (Å²) in [7, 11) is 2.36. The molecule has 4 aromatic rings. The Bertz CT molecular complexity index is 1730. The number of nitrogens with zero attached hydrogens (tertiary/aromatic N) is 3. The summed E-state index contributed by atoms with van der Waals surface area (Å²) in [5, 5.41) is 12.0. The highest BCUT2D eigenvalue weighted by Crippen LogP contribution is 2.32. The Hall–Kier alpha value is -3.99. The molecule has 2 aromatic heterocycles. The first-order chi connectivity index (χ1) is 20.7. The number of ether oxygens (including phenoxy) is 2. The Morgan fingerprint density at radius 2 is 1.61 bits per heavy atom. The first kappa shape index (κ1) is 32.9. The van der Waals surface area contributed by atoms with Crippen LogP contribution in [0.25, 0.3) is 5.65 Å². The third-order valence-corrected chi connectivity index (χ3v) is 8.19. The van der Waals surface area contributed by atoms with Crippen LogP contribution in [-0.4, -0.2) is 54.4 Å². The van der Waals surface area contributed by atoms with E-state index in [1.165, 1.54) is 38.5 Å². The number of carbonyl (C=O) groups excluding carboxylic acids is 2. The molecule has 17 heteroatoms. The topological polar surface area (TPSA) is 175 Å². The van der Waals surface area contributed by atoms with E-state index in [1.54, 1.807) is 30.5 Å². The van der Waals surface area contributed by atoms with Crippen LogP contribution < -0.4 is 17.8 Å². The molecule has 44 heavy (non-hydrogen) atoms. The number of anilines is 1. The van der Waals surface area contributed by atoms with Gasteiger partial charge in [-0.1, -0.05) is 38.4 Å². The number of carbonyl (C=O) groups is 2. The maximum Gasteiger partial charge on any atom is 0.338 e. The molecule has 0 saturated heterocycles. The second-order valence-corrected chi connectivity index (χ2v) is 12.6. The number of aromatic nitrogens is 4. The Kier molecular flexibility index (Phi) is 9.98. The highest BCUT2D eigenvalue weighted by Gasteiger charge is 2.27. The number of aryl methyl sites for hydroxylation is 1. The molecule has 2 heterocycles. The number of fused-ring (bicyclic) bond motifs is 1. The lowest BCUT2D eigenvalue weighted by atomic mass is 9.92. The number of halogens is 1. The highest BCUT2D eigenvalue weighted by molar-refractivity contribution is 7.82. The largest absolute Gasteiger partial charge is 0.465 e. The summed E-state index contributed by atoms with van der Waals surface area (Å²) in [5.74, 6) is -0.830. The van der Waals surface area contributed by atoms with Gasteiger partial charge in [-0.05, 0) is 43.7 Å². The zero-order valence-corrected chi connectivity index (χ0v) is 27.2. The predicted octanol–water partition coefficient (Wildman–Crippen LogP) is 4.27. The number of esters is 2.